The fourth-order valence-electron chi connectivity index (χ4n) is 6.18. The molecule has 2 heterocycles. The number of hydrogen-bond donors (Lipinski definition) is 2. The molecule has 1 saturated heterocycles. The minimum atomic E-state index is -2.39. The number of ether oxygens (including phenoxy) is 10. The summed E-state index contributed by atoms with van der Waals surface area (Å²) in [5.74, 6) is -6.99. The maximum atomic E-state index is 13.2. The summed E-state index contributed by atoms with van der Waals surface area (Å²) in [6, 6.07) is 5.91. The van der Waals surface area contributed by atoms with Crippen LogP contribution in [0.4, 0.5) is 0 Å². The third-order valence-corrected chi connectivity index (χ3v) is 8.29. The van der Waals surface area contributed by atoms with Crippen molar-refractivity contribution in [1.82, 2.24) is 0 Å². The maximum Gasteiger partial charge on any atom is 0.338 e. The second-order valence-corrected chi connectivity index (χ2v) is 12.0. The Morgan fingerprint density at radius 2 is 1.33 bits per heavy atom. The van der Waals surface area contributed by atoms with Crippen LogP contribution in [0.2, 0.25) is 0 Å². The average molecular weight is 725 g/mol. The largest absolute Gasteiger partial charge is 0.497 e. The van der Waals surface area contributed by atoms with Crippen LogP contribution in [0.1, 0.15) is 45.0 Å². The Hall–Kier alpha value is -4.78. The number of esters is 6. The van der Waals surface area contributed by atoms with E-state index in [2.05, 4.69) is 0 Å². The minimum Gasteiger partial charge on any atom is -0.497 e. The first-order chi connectivity index (χ1) is 24.0. The molecule has 0 amide bonds. The lowest BCUT2D eigenvalue weighted by atomic mass is 9.83. The first kappa shape index (κ1) is 39.0. The van der Waals surface area contributed by atoms with Crippen LogP contribution in [-0.2, 0) is 66.6 Å². The van der Waals surface area contributed by atoms with Crippen molar-refractivity contribution in [2.75, 3.05) is 20.3 Å². The Kier molecular flexibility index (Phi) is 12.6. The Balaban J connectivity index is 1.72. The average Bonchev–Trinajstić information content (AvgIpc) is 3.27. The van der Waals surface area contributed by atoms with Crippen LogP contribution in [0.25, 0.3) is 0 Å². The predicted octanol–water partition coefficient (Wildman–Crippen LogP) is 0.0914. The molecule has 3 aliphatic rings. The van der Waals surface area contributed by atoms with E-state index in [1.165, 1.54) is 37.5 Å². The molecule has 51 heavy (non-hydrogen) atoms. The van der Waals surface area contributed by atoms with Crippen molar-refractivity contribution >= 4 is 35.8 Å². The molecular weight excluding hydrogens is 684 g/mol. The maximum absolute atomic E-state index is 13.2. The second-order valence-electron chi connectivity index (χ2n) is 12.0. The van der Waals surface area contributed by atoms with Gasteiger partial charge in [-0.15, -0.1) is 0 Å². The van der Waals surface area contributed by atoms with Crippen LogP contribution in [0.5, 0.6) is 5.75 Å². The standard InChI is InChI=1S/C33H40O18/c1-15(34)44-13-23-26(46-17(3)36)27(47-18(4)37)28(48-19(5)38)32(49-23)51-31-24-22(11-12-43-31)25(29(39)33(24,41)14-45-16(2)35)50-30(40)20-7-9-21(42-6)10-8-20/h7-12,22-29,31-32,39,41H,13-14H2,1-6H3/t22-,23-,24-,25+,26-,27+,28-,29-,31+,32+,33+/m1/s1. The van der Waals surface area contributed by atoms with Gasteiger partial charge in [-0.3, -0.25) is 24.0 Å². The number of fused-ring (bicyclic) bond motifs is 1. The molecule has 11 atom stereocenters. The van der Waals surface area contributed by atoms with Gasteiger partial charge in [0.05, 0.1) is 24.9 Å². The SMILES string of the molecule is COc1ccc(C(=O)O[C@H]2[C@@H]3C=CO[C@@H](O[C@@H]4O[C@H](COC(C)=O)[C@@H](OC(C)=O)[C@H](OC(C)=O)[C@H]4OC(C)=O)[C@@H]3[C@@](O)(COC(C)=O)[C@@H]2O)cc1. The number of hydrogen-bond acceptors (Lipinski definition) is 18. The molecule has 2 fully saturated rings. The Bertz CT molecular complexity index is 1490. The number of aliphatic hydroxyl groups is 2. The monoisotopic (exact) mass is 724 g/mol. The molecule has 18 nitrogen and oxygen atoms in total. The van der Waals surface area contributed by atoms with E-state index in [1.807, 2.05) is 0 Å². The summed E-state index contributed by atoms with van der Waals surface area (Å²) >= 11 is 0. The van der Waals surface area contributed by atoms with Crippen LogP contribution in [0.15, 0.2) is 36.6 Å². The van der Waals surface area contributed by atoms with Crippen molar-refractivity contribution in [3.63, 3.8) is 0 Å². The number of rotatable bonds is 12. The smallest absolute Gasteiger partial charge is 0.338 e. The van der Waals surface area contributed by atoms with Crippen LogP contribution in [-0.4, -0.2) is 121 Å². The van der Waals surface area contributed by atoms with E-state index in [0.717, 1.165) is 40.9 Å². The van der Waals surface area contributed by atoms with Crippen molar-refractivity contribution in [2.24, 2.45) is 11.8 Å². The molecule has 0 spiro atoms. The summed E-state index contributed by atoms with van der Waals surface area (Å²) in [6.07, 6.45) is -10.3. The van der Waals surface area contributed by atoms with E-state index in [1.54, 1.807) is 0 Å². The zero-order valence-electron chi connectivity index (χ0n) is 28.6. The van der Waals surface area contributed by atoms with E-state index in [0.29, 0.717) is 5.75 Å². The van der Waals surface area contributed by atoms with Gasteiger partial charge in [-0.2, -0.15) is 0 Å². The molecule has 4 rings (SSSR count). The Labute approximate surface area is 291 Å². The molecule has 1 aromatic rings. The lowest BCUT2D eigenvalue weighted by Gasteiger charge is -2.46. The highest BCUT2D eigenvalue weighted by molar-refractivity contribution is 5.89. The third kappa shape index (κ3) is 9.12. The normalized spacial score (nSPS) is 32.3. The van der Waals surface area contributed by atoms with Crippen molar-refractivity contribution in [2.45, 2.75) is 89.4 Å². The molecule has 1 aliphatic carbocycles. The van der Waals surface area contributed by atoms with E-state index in [4.69, 9.17) is 47.4 Å². The quantitative estimate of drug-likeness (QED) is 0.215. The van der Waals surface area contributed by atoms with Gasteiger partial charge in [0.15, 0.2) is 18.3 Å². The predicted molar refractivity (Wildman–Crippen MR) is 164 cm³/mol. The number of benzene rings is 1. The summed E-state index contributed by atoms with van der Waals surface area (Å²) in [5.41, 5.74) is -2.30. The minimum absolute atomic E-state index is 0.0938. The molecule has 280 valence electrons. The van der Waals surface area contributed by atoms with Crippen LogP contribution >= 0.6 is 0 Å². The molecular formula is C33H40O18. The molecule has 1 saturated carbocycles. The van der Waals surface area contributed by atoms with Gasteiger partial charge in [0.25, 0.3) is 0 Å². The van der Waals surface area contributed by atoms with Crippen molar-refractivity contribution < 1.29 is 86.3 Å². The molecule has 1 aromatic carbocycles. The number of aliphatic hydroxyl groups excluding tert-OH is 1. The third-order valence-electron chi connectivity index (χ3n) is 8.29. The lowest BCUT2D eigenvalue weighted by molar-refractivity contribution is -0.350. The molecule has 2 aliphatic heterocycles. The number of methoxy groups -OCH3 is 1. The van der Waals surface area contributed by atoms with E-state index >= 15 is 0 Å². The molecule has 0 bridgehead atoms. The summed E-state index contributed by atoms with van der Waals surface area (Å²) in [5, 5.41) is 23.5. The van der Waals surface area contributed by atoms with Crippen LogP contribution in [0, 0.1) is 11.8 Å². The van der Waals surface area contributed by atoms with Gasteiger partial charge in [-0.25, -0.2) is 4.79 Å². The molecule has 18 heteroatoms. The summed E-state index contributed by atoms with van der Waals surface area (Å²) in [7, 11) is 1.45. The van der Waals surface area contributed by atoms with Crippen LogP contribution < -0.4 is 4.74 Å². The summed E-state index contributed by atoms with van der Waals surface area (Å²) in [4.78, 5) is 73.4. The molecule has 0 radical (unpaired) electrons. The molecule has 0 unspecified atom stereocenters. The topological polar surface area (TPSA) is 235 Å². The summed E-state index contributed by atoms with van der Waals surface area (Å²) < 4.78 is 55.2. The van der Waals surface area contributed by atoms with Gasteiger partial charge in [-0.1, -0.05) is 0 Å². The molecule has 0 aromatic heterocycles. The zero-order valence-corrected chi connectivity index (χ0v) is 28.6. The van der Waals surface area contributed by atoms with E-state index in [-0.39, 0.29) is 5.56 Å². The van der Waals surface area contributed by atoms with Gasteiger partial charge >= 0.3 is 35.8 Å². The summed E-state index contributed by atoms with van der Waals surface area (Å²) in [6.45, 7) is 3.97. The lowest BCUT2D eigenvalue weighted by Crippen LogP contribution is -2.64. The highest BCUT2D eigenvalue weighted by Crippen LogP contribution is 2.49. The van der Waals surface area contributed by atoms with Gasteiger partial charge in [0, 0.05) is 40.5 Å². The van der Waals surface area contributed by atoms with E-state index in [9.17, 15) is 39.0 Å². The van der Waals surface area contributed by atoms with Gasteiger partial charge in [0.1, 0.15) is 42.9 Å². The number of carbonyl (C=O) groups is 6. The number of carbonyl (C=O) groups excluding carboxylic acids is 6. The fraction of sp³-hybridized carbons (Fsp3) is 0.576. The fourth-order valence-corrected chi connectivity index (χ4v) is 6.18. The first-order valence-corrected chi connectivity index (χ1v) is 15.7. The highest BCUT2D eigenvalue weighted by atomic mass is 16.8. The Morgan fingerprint density at radius 3 is 1.90 bits per heavy atom. The van der Waals surface area contributed by atoms with Gasteiger partial charge in [-0.05, 0) is 30.3 Å². The van der Waals surface area contributed by atoms with Crippen molar-refractivity contribution in [3.05, 3.63) is 42.2 Å². The van der Waals surface area contributed by atoms with Gasteiger partial charge < -0.3 is 57.6 Å². The molecule has 2 N–H and O–H groups in total. The van der Waals surface area contributed by atoms with Gasteiger partial charge in [0.2, 0.25) is 12.6 Å². The highest BCUT2D eigenvalue weighted by Gasteiger charge is 2.66. The van der Waals surface area contributed by atoms with Crippen LogP contribution in [0.3, 0.4) is 0 Å². The zero-order chi connectivity index (χ0) is 37.6. The first-order valence-electron chi connectivity index (χ1n) is 15.7. The van der Waals surface area contributed by atoms with Crippen molar-refractivity contribution in [3.8, 4) is 5.75 Å². The van der Waals surface area contributed by atoms with Crippen molar-refractivity contribution in [1.29, 1.82) is 0 Å². The Morgan fingerprint density at radius 1 is 0.745 bits per heavy atom. The van der Waals surface area contributed by atoms with E-state index < -0.39 is 116 Å². The second kappa shape index (κ2) is 16.5.